The Labute approximate surface area is 121 Å². The molecule has 1 heterocycles. The molecule has 0 saturated carbocycles. The first-order valence-corrected chi connectivity index (χ1v) is 7.37. The molecule has 1 fully saturated rings. The molecule has 1 aromatic rings. The first kappa shape index (κ1) is 15.0. The predicted octanol–water partition coefficient (Wildman–Crippen LogP) is 1.33. The topological polar surface area (TPSA) is 35.6 Å². The molecule has 0 bridgehead atoms. The van der Waals surface area contributed by atoms with E-state index in [2.05, 4.69) is 29.3 Å². The van der Waals surface area contributed by atoms with Gasteiger partial charge in [0.1, 0.15) is 0 Å². The lowest BCUT2D eigenvalue weighted by Crippen LogP contribution is -2.40. The number of likely N-dealkylation sites (N-methyl/N-ethyl adjacent to an activating group) is 1. The van der Waals surface area contributed by atoms with Crippen molar-refractivity contribution in [1.82, 2.24) is 15.1 Å². The molecule has 0 aromatic heterocycles. The first-order chi connectivity index (χ1) is 9.61. The maximum atomic E-state index is 12.5. The van der Waals surface area contributed by atoms with Crippen LogP contribution < -0.4 is 5.32 Å². The first-order valence-electron chi connectivity index (χ1n) is 7.37. The monoisotopic (exact) mass is 275 g/mol. The molecule has 110 valence electrons. The summed E-state index contributed by atoms with van der Waals surface area (Å²) in [7, 11) is 4.08. The molecule has 0 aliphatic carbocycles. The second kappa shape index (κ2) is 6.86. The highest BCUT2D eigenvalue weighted by atomic mass is 16.2. The lowest BCUT2D eigenvalue weighted by molar-refractivity contribution is -0.130. The van der Waals surface area contributed by atoms with E-state index in [0.29, 0.717) is 0 Å². The second-order valence-corrected chi connectivity index (χ2v) is 5.67. The second-order valence-electron chi connectivity index (χ2n) is 5.67. The molecule has 2 atom stereocenters. The quantitative estimate of drug-likeness (QED) is 0.851. The molecule has 4 heteroatoms. The Morgan fingerprint density at radius 3 is 2.55 bits per heavy atom. The zero-order valence-corrected chi connectivity index (χ0v) is 12.7. The van der Waals surface area contributed by atoms with E-state index in [9.17, 15) is 4.79 Å². The van der Waals surface area contributed by atoms with Gasteiger partial charge in [-0.1, -0.05) is 37.3 Å². The average Bonchev–Trinajstić information content (AvgIpc) is 2.74. The number of hydrogen-bond acceptors (Lipinski definition) is 3. The number of carbonyl (C=O) groups excluding carboxylic acids is 1. The highest BCUT2D eigenvalue weighted by Crippen LogP contribution is 2.16. The van der Waals surface area contributed by atoms with Crippen molar-refractivity contribution < 1.29 is 4.79 Å². The number of hydrogen-bond donors (Lipinski definition) is 1. The van der Waals surface area contributed by atoms with E-state index in [1.807, 2.05) is 37.2 Å². The number of nitrogens with zero attached hydrogens (tertiary/aromatic N) is 2. The number of carbonyl (C=O) groups is 1. The summed E-state index contributed by atoms with van der Waals surface area (Å²) in [6, 6.07) is 10.1. The van der Waals surface area contributed by atoms with E-state index in [1.54, 1.807) is 0 Å². The number of benzene rings is 1. The predicted molar refractivity (Wildman–Crippen MR) is 81.4 cm³/mol. The van der Waals surface area contributed by atoms with Gasteiger partial charge in [0.2, 0.25) is 5.91 Å². The van der Waals surface area contributed by atoms with Gasteiger partial charge < -0.3 is 9.80 Å². The third-order valence-electron chi connectivity index (χ3n) is 3.81. The van der Waals surface area contributed by atoms with Gasteiger partial charge in [-0.25, -0.2) is 0 Å². The third-order valence-corrected chi connectivity index (χ3v) is 3.81. The maximum absolute atomic E-state index is 12.5. The minimum Gasteiger partial charge on any atom is -0.325 e. The van der Waals surface area contributed by atoms with Crippen LogP contribution in [0.3, 0.4) is 0 Å². The summed E-state index contributed by atoms with van der Waals surface area (Å²) in [5.41, 5.74) is 1.21. The summed E-state index contributed by atoms with van der Waals surface area (Å²) < 4.78 is 0. The molecule has 1 saturated heterocycles. The molecular weight excluding hydrogens is 250 g/mol. The molecule has 1 aliphatic heterocycles. The van der Waals surface area contributed by atoms with Crippen LogP contribution in [0.25, 0.3) is 0 Å². The minimum absolute atomic E-state index is 0.0792. The Bertz CT molecular complexity index is 433. The number of rotatable bonds is 6. The molecule has 2 unspecified atom stereocenters. The van der Waals surface area contributed by atoms with Gasteiger partial charge in [0.05, 0.1) is 12.2 Å². The van der Waals surface area contributed by atoms with Crippen LogP contribution in [0.5, 0.6) is 0 Å². The van der Waals surface area contributed by atoms with Gasteiger partial charge >= 0.3 is 0 Å². The van der Waals surface area contributed by atoms with Crippen LogP contribution in [-0.4, -0.2) is 55.1 Å². The van der Waals surface area contributed by atoms with Crippen molar-refractivity contribution in [3.8, 4) is 0 Å². The van der Waals surface area contributed by atoms with Crippen molar-refractivity contribution in [1.29, 1.82) is 0 Å². The molecule has 1 aliphatic rings. The summed E-state index contributed by atoms with van der Waals surface area (Å²) in [6.07, 6.45) is 1.90. The van der Waals surface area contributed by atoms with E-state index in [1.165, 1.54) is 5.56 Å². The van der Waals surface area contributed by atoms with Crippen LogP contribution >= 0.6 is 0 Å². The van der Waals surface area contributed by atoms with Crippen LogP contribution in [0.2, 0.25) is 0 Å². The summed E-state index contributed by atoms with van der Waals surface area (Å²) >= 11 is 0. The average molecular weight is 275 g/mol. The van der Waals surface area contributed by atoms with Gasteiger partial charge in [-0.15, -0.1) is 0 Å². The van der Waals surface area contributed by atoms with Crippen molar-refractivity contribution >= 4 is 5.91 Å². The lowest BCUT2D eigenvalue weighted by atomic mass is 10.1. The fourth-order valence-electron chi connectivity index (χ4n) is 2.66. The lowest BCUT2D eigenvalue weighted by Gasteiger charge is -2.24. The van der Waals surface area contributed by atoms with Crippen LogP contribution in [0.1, 0.15) is 18.9 Å². The van der Waals surface area contributed by atoms with Crippen molar-refractivity contribution in [3.05, 3.63) is 35.9 Å². The van der Waals surface area contributed by atoms with Crippen LogP contribution in [0.15, 0.2) is 30.3 Å². The zero-order chi connectivity index (χ0) is 14.5. The van der Waals surface area contributed by atoms with E-state index in [4.69, 9.17) is 0 Å². The van der Waals surface area contributed by atoms with Gasteiger partial charge in [-0.2, -0.15) is 0 Å². The number of amides is 1. The summed E-state index contributed by atoms with van der Waals surface area (Å²) in [5.74, 6) is 0.238. The van der Waals surface area contributed by atoms with E-state index >= 15 is 0 Å². The Hall–Kier alpha value is -1.39. The van der Waals surface area contributed by atoms with E-state index in [0.717, 1.165) is 25.9 Å². The molecule has 1 aromatic carbocycles. The summed E-state index contributed by atoms with van der Waals surface area (Å²) in [5, 5.41) is 3.47. The molecule has 20 heavy (non-hydrogen) atoms. The smallest absolute Gasteiger partial charge is 0.241 e. The van der Waals surface area contributed by atoms with E-state index < -0.39 is 0 Å². The molecule has 2 rings (SSSR count). The van der Waals surface area contributed by atoms with Crippen LogP contribution in [0, 0.1) is 0 Å². The van der Waals surface area contributed by atoms with Crippen molar-refractivity contribution in [2.24, 2.45) is 0 Å². The normalized spacial score (nSPS) is 22.8. The van der Waals surface area contributed by atoms with Crippen molar-refractivity contribution in [2.45, 2.75) is 32.0 Å². The van der Waals surface area contributed by atoms with Gasteiger partial charge in [-0.3, -0.25) is 10.1 Å². The Morgan fingerprint density at radius 1 is 1.25 bits per heavy atom. The minimum atomic E-state index is -0.0792. The van der Waals surface area contributed by atoms with Crippen LogP contribution in [-0.2, 0) is 11.2 Å². The third kappa shape index (κ3) is 3.58. The fourth-order valence-corrected chi connectivity index (χ4v) is 2.66. The molecule has 1 amide bonds. The van der Waals surface area contributed by atoms with Crippen molar-refractivity contribution in [2.75, 3.05) is 27.2 Å². The van der Waals surface area contributed by atoms with E-state index in [-0.39, 0.29) is 18.1 Å². The van der Waals surface area contributed by atoms with Crippen LogP contribution in [0.4, 0.5) is 0 Å². The molecule has 4 nitrogen and oxygen atoms in total. The Kier molecular flexibility index (Phi) is 5.15. The van der Waals surface area contributed by atoms with Gasteiger partial charge in [0.25, 0.3) is 0 Å². The van der Waals surface area contributed by atoms with Gasteiger partial charge in [0.15, 0.2) is 0 Å². The standard InChI is InChI=1S/C16H25N3O/c1-4-15-17-14(12-13-8-6-5-7-9-13)16(20)19(15)11-10-18(2)3/h5-9,14-15,17H,4,10-12H2,1-3H3. The maximum Gasteiger partial charge on any atom is 0.241 e. The fraction of sp³-hybridized carbons (Fsp3) is 0.562. The summed E-state index contributed by atoms with van der Waals surface area (Å²) in [4.78, 5) is 16.6. The zero-order valence-electron chi connectivity index (χ0n) is 12.7. The highest BCUT2D eigenvalue weighted by Gasteiger charge is 2.37. The summed E-state index contributed by atoms with van der Waals surface area (Å²) in [6.45, 7) is 3.82. The Balaban J connectivity index is 2.00. The Morgan fingerprint density at radius 2 is 1.95 bits per heavy atom. The number of nitrogens with one attached hydrogen (secondary N) is 1. The SMILES string of the molecule is CCC1NC(Cc2ccccc2)C(=O)N1CCN(C)C. The molecule has 1 N–H and O–H groups in total. The molecule has 0 radical (unpaired) electrons. The highest BCUT2D eigenvalue weighted by molar-refractivity contribution is 5.84. The van der Waals surface area contributed by atoms with Gasteiger partial charge in [-0.05, 0) is 32.5 Å². The molecule has 0 spiro atoms. The van der Waals surface area contributed by atoms with Crippen molar-refractivity contribution in [3.63, 3.8) is 0 Å². The molecular formula is C16H25N3O. The largest absolute Gasteiger partial charge is 0.325 e. The van der Waals surface area contributed by atoms with Gasteiger partial charge in [0, 0.05) is 13.1 Å².